The summed E-state index contributed by atoms with van der Waals surface area (Å²) in [5, 5.41) is 2.71. The number of ketones is 1. The van der Waals surface area contributed by atoms with E-state index in [0.717, 1.165) is 12.2 Å². The zero-order valence-electron chi connectivity index (χ0n) is 13.2. The lowest BCUT2D eigenvalue weighted by molar-refractivity contribution is -0.119. The van der Waals surface area contributed by atoms with Gasteiger partial charge in [-0.1, -0.05) is 13.8 Å². The van der Waals surface area contributed by atoms with Crippen LogP contribution in [0.3, 0.4) is 0 Å². The molecule has 6 nitrogen and oxygen atoms in total. The average Bonchev–Trinajstić information content (AvgIpc) is 3.08. The van der Waals surface area contributed by atoms with Crippen LogP contribution >= 0.6 is 0 Å². The van der Waals surface area contributed by atoms with E-state index in [1.807, 2.05) is 26.0 Å². The molecule has 0 fully saturated rings. The molecule has 2 heterocycles. The summed E-state index contributed by atoms with van der Waals surface area (Å²) in [6.07, 6.45) is 4.85. The van der Waals surface area contributed by atoms with Crippen molar-refractivity contribution in [1.29, 1.82) is 0 Å². The maximum absolute atomic E-state index is 12.3. The van der Waals surface area contributed by atoms with Crippen LogP contribution in [-0.2, 0) is 11.2 Å². The first-order valence-corrected chi connectivity index (χ1v) is 7.81. The number of aromatic nitrogens is 2. The quantitative estimate of drug-likeness (QED) is 0.938. The molecular formula is C17H19N3O3. The fourth-order valence-electron chi connectivity index (χ4n) is 2.65. The highest BCUT2D eigenvalue weighted by molar-refractivity contribution is 5.98. The Morgan fingerprint density at radius 1 is 1.48 bits per heavy atom. The second-order valence-electron chi connectivity index (χ2n) is 5.90. The van der Waals surface area contributed by atoms with Crippen molar-refractivity contribution in [3.63, 3.8) is 0 Å². The lowest BCUT2D eigenvalue weighted by atomic mass is 9.85. The van der Waals surface area contributed by atoms with Crippen LogP contribution in [0.25, 0.3) is 0 Å². The molecule has 6 heteroatoms. The fourth-order valence-corrected chi connectivity index (χ4v) is 2.65. The van der Waals surface area contributed by atoms with Gasteiger partial charge < -0.3 is 4.42 Å². The van der Waals surface area contributed by atoms with Crippen molar-refractivity contribution in [1.82, 2.24) is 9.97 Å². The van der Waals surface area contributed by atoms with Gasteiger partial charge in [-0.05, 0) is 18.6 Å². The maximum Gasteiger partial charge on any atom is 0.229 e. The topological polar surface area (TPSA) is 85.1 Å². The minimum Gasteiger partial charge on any atom is -0.469 e. The van der Waals surface area contributed by atoms with Gasteiger partial charge in [-0.3, -0.25) is 14.9 Å². The Balaban J connectivity index is 1.83. The van der Waals surface area contributed by atoms with Gasteiger partial charge in [0.2, 0.25) is 11.9 Å². The SMILES string of the molecule is CCC(C)C(=O)Nc1ncc2c(n1)CC(c1ccco1)CC2=O. The summed E-state index contributed by atoms with van der Waals surface area (Å²) in [7, 11) is 0. The van der Waals surface area contributed by atoms with E-state index in [1.54, 1.807) is 6.26 Å². The lowest BCUT2D eigenvalue weighted by Gasteiger charge is -2.21. The number of furan rings is 1. The standard InChI is InChI=1S/C17H19N3O3/c1-3-10(2)16(22)20-17-18-9-12-13(19-17)7-11(8-14(12)21)15-5-4-6-23-15/h4-6,9-11H,3,7-8H2,1-2H3,(H,18,19,20,22). The molecule has 2 unspecified atom stereocenters. The van der Waals surface area contributed by atoms with E-state index >= 15 is 0 Å². The molecular weight excluding hydrogens is 294 g/mol. The van der Waals surface area contributed by atoms with Gasteiger partial charge in [-0.25, -0.2) is 9.97 Å². The monoisotopic (exact) mass is 313 g/mol. The van der Waals surface area contributed by atoms with Crippen LogP contribution in [0.1, 0.15) is 54.4 Å². The van der Waals surface area contributed by atoms with Gasteiger partial charge in [0.15, 0.2) is 5.78 Å². The largest absolute Gasteiger partial charge is 0.469 e. The molecule has 23 heavy (non-hydrogen) atoms. The number of carbonyl (C=O) groups excluding carboxylic acids is 2. The summed E-state index contributed by atoms with van der Waals surface area (Å²) < 4.78 is 5.41. The van der Waals surface area contributed by atoms with E-state index in [-0.39, 0.29) is 29.5 Å². The van der Waals surface area contributed by atoms with Crippen molar-refractivity contribution in [2.45, 2.75) is 39.0 Å². The van der Waals surface area contributed by atoms with Crippen LogP contribution in [0.2, 0.25) is 0 Å². The molecule has 0 bridgehead atoms. The molecule has 2 aromatic rings. The summed E-state index contributed by atoms with van der Waals surface area (Å²) in [5.41, 5.74) is 1.20. The first-order valence-electron chi connectivity index (χ1n) is 7.81. The number of hydrogen-bond acceptors (Lipinski definition) is 5. The predicted molar refractivity (Wildman–Crippen MR) is 84.2 cm³/mol. The Morgan fingerprint density at radius 2 is 2.30 bits per heavy atom. The van der Waals surface area contributed by atoms with E-state index in [2.05, 4.69) is 15.3 Å². The molecule has 1 aliphatic rings. The fraction of sp³-hybridized carbons (Fsp3) is 0.412. The number of rotatable bonds is 4. The Hall–Kier alpha value is -2.50. The van der Waals surface area contributed by atoms with Crippen LogP contribution in [0, 0.1) is 5.92 Å². The Morgan fingerprint density at radius 3 is 3.00 bits per heavy atom. The number of nitrogens with one attached hydrogen (secondary N) is 1. The van der Waals surface area contributed by atoms with E-state index in [4.69, 9.17) is 4.42 Å². The first-order chi connectivity index (χ1) is 11.1. The molecule has 0 radical (unpaired) electrons. The van der Waals surface area contributed by atoms with Crippen LogP contribution < -0.4 is 5.32 Å². The number of nitrogens with zero attached hydrogens (tertiary/aromatic N) is 2. The second kappa shape index (κ2) is 6.32. The molecule has 0 aliphatic heterocycles. The summed E-state index contributed by atoms with van der Waals surface area (Å²) in [6, 6.07) is 3.68. The number of amides is 1. The maximum atomic E-state index is 12.3. The van der Waals surface area contributed by atoms with Crippen LogP contribution in [0.5, 0.6) is 0 Å². The first kappa shape index (κ1) is 15.4. The van der Waals surface area contributed by atoms with Crippen molar-refractivity contribution >= 4 is 17.6 Å². The third kappa shape index (κ3) is 3.16. The molecule has 2 aromatic heterocycles. The Kier molecular flexibility index (Phi) is 4.23. The van der Waals surface area contributed by atoms with Crippen molar-refractivity contribution in [3.8, 4) is 0 Å². The van der Waals surface area contributed by atoms with Crippen LogP contribution in [-0.4, -0.2) is 21.7 Å². The second-order valence-corrected chi connectivity index (χ2v) is 5.90. The lowest BCUT2D eigenvalue weighted by Crippen LogP contribution is -2.24. The van der Waals surface area contributed by atoms with E-state index < -0.39 is 0 Å². The minimum absolute atomic E-state index is 0.00690. The predicted octanol–water partition coefficient (Wildman–Crippen LogP) is 2.97. The highest BCUT2D eigenvalue weighted by Gasteiger charge is 2.29. The van der Waals surface area contributed by atoms with E-state index in [9.17, 15) is 9.59 Å². The molecule has 1 N–H and O–H groups in total. The molecule has 1 amide bonds. The highest BCUT2D eigenvalue weighted by Crippen LogP contribution is 2.32. The van der Waals surface area contributed by atoms with Crippen LogP contribution in [0.4, 0.5) is 5.95 Å². The normalized spacial score (nSPS) is 18.3. The summed E-state index contributed by atoms with van der Waals surface area (Å²) >= 11 is 0. The number of anilines is 1. The number of Topliss-reactive ketones (excluding diaryl/α,β-unsaturated/α-hetero) is 1. The number of hydrogen-bond donors (Lipinski definition) is 1. The summed E-state index contributed by atoms with van der Waals surface area (Å²) in [4.78, 5) is 32.7. The van der Waals surface area contributed by atoms with Crippen molar-refractivity contribution < 1.29 is 14.0 Å². The van der Waals surface area contributed by atoms with Gasteiger partial charge in [0, 0.05) is 30.9 Å². The molecule has 0 aromatic carbocycles. The summed E-state index contributed by atoms with van der Waals surface area (Å²) in [6.45, 7) is 3.80. The molecule has 0 saturated carbocycles. The van der Waals surface area contributed by atoms with E-state index in [1.165, 1.54) is 6.20 Å². The zero-order chi connectivity index (χ0) is 16.4. The highest BCUT2D eigenvalue weighted by atomic mass is 16.3. The zero-order valence-corrected chi connectivity index (χ0v) is 13.2. The van der Waals surface area contributed by atoms with Gasteiger partial charge in [-0.2, -0.15) is 0 Å². The molecule has 2 atom stereocenters. The van der Waals surface area contributed by atoms with Gasteiger partial charge >= 0.3 is 0 Å². The Labute approximate surface area is 134 Å². The van der Waals surface area contributed by atoms with Gasteiger partial charge in [-0.15, -0.1) is 0 Å². The Bertz CT molecular complexity index is 725. The molecule has 1 aliphatic carbocycles. The average molecular weight is 313 g/mol. The van der Waals surface area contributed by atoms with Crippen molar-refractivity contribution in [2.24, 2.45) is 5.92 Å². The van der Waals surface area contributed by atoms with Gasteiger partial charge in [0.05, 0.1) is 17.5 Å². The van der Waals surface area contributed by atoms with Gasteiger partial charge in [0.1, 0.15) is 5.76 Å². The van der Waals surface area contributed by atoms with Crippen molar-refractivity contribution in [2.75, 3.05) is 5.32 Å². The van der Waals surface area contributed by atoms with E-state index in [0.29, 0.717) is 24.1 Å². The summed E-state index contributed by atoms with van der Waals surface area (Å²) in [5.74, 6) is 0.810. The number of fused-ring (bicyclic) bond motifs is 1. The van der Waals surface area contributed by atoms with Crippen molar-refractivity contribution in [3.05, 3.63) is 41.6 Å². The molecule has 3 rings (SSSR count). The third-order valence-electron chi connectivity index (χ3n) is 4.28. The molecule has 0 spiro atoms. The molecule has 0 saturated heterocycles. The van der Waals surface area contributed by atoms with Gasteiger partial charge in [0.25, 0.3) is 0 Å². The number of carbonyl (C=O) groups is 2. The minimum atomic E-state index is -0.114. The third-order valence-corrected chi connectivity index (χ3v) is 4.28. The molecule has 120 valence electrons. The smallest absolute Gasteiger partial charge is 0.229 e. The van der Waals surface area contributed by atoms with Crippen LogP contribution in [0.15, 0.2) is 29.0 Å².